The highest BCUT2D eigenvalue weighted by Gasteiger charge is 2.10. The molecule has 0 atom stereocenters. The lowest BCUT2D eigenvalue weighted by atomic mass is 10.2. The van der Waals surface area contributed by atoms with Crippen LogP contribution < -0.4 is 5.32 Å². The minimum atomic E-state index is -1.73. The maximum atomic E-state index is 11.8. The van der Waals surface area contributed by atoms with E-state index in [9.17, 15) is 13.6 Å². The smallest absolute Gasteiger partial charge is 0.266 e. The number of halogens is 3. The Kier molecular flexibility index (Phi) is 6.35. The summed E-state index contributed by atoms with van der Waals surface area (Å²) in [6, 6.07) is 0. The van der Waals surface area contributed by atoms with Gasteiger partial charge in [-0.05, 0) is 25.3 Å². The van der Waals surface area contributed by atoms with Crippen molar-refractivity contribution in [2.24, 2.45) is 0 Å². The molecule has 1 aromatic rings. The largest absolute Gasteiger partial charge is 0.309 e. The van der Waals surface area contributed by atoms with E-state index in [0.717, 1.165) is 6.08 Å². The molecule has 1 N–H and O–H groups in total. The molecule has 0 aliphatic heterocycles. The number of aryl methyl sites for hydroxylation is 1. The van der Waals surface area contributed by atoms with Crippen LogP contribution in [0, 0.1) is 0 Å². The van der Waals surface area contributed by atoms with Crippen LogP contribution in [0.25, 0.3) is 0 Å². The Bertz CT molecular complexity index is 476. The average molecular weight is 290 g/mol. The molecule has 19 heavy (non-hydrogen) atoms. The Morgan fingerprint density at radius 3 is 2.84 bits per heavy atom. The van der Waals surface area contributed by atoms with Gasteiger partial charge in [-0.1, -0.05) is 18.5 Å². The number of hydrogen-bond donors (Lipinski definition) is 1. The van der Waals surface area contributed by atoms with Crippen molar-refractivity contribution in [2.75, 3.05) is 5.32 Å². The Morgan fingerprint density at radius 2 is 2.21 bits per heavy atom. The van der Waals surface area contributed by atoms with Crippen molar-refractivity contribution < 1.29 is 13.6 Å². The van der Waals surface area contributed by atoms with E-state index in [4.69, 9.17) is 11.6 Å². The molecule has 0 unspecified atom stereocenters. The number of anilines is 1. The normalized spacial score (nSPS) is 10.1. The average Bonchev–Trinajstić information content (AvgIpc) is 2.37. The fourth-order valence-corrected chi connectivity index (χ4v) is 1.69. The minimum absolute atomic E-state index is 0.131. The Morgan fingerprint density at radius 1 is 1.47 bits per heavy atom. The van der Waals surface area contributed by atoms with Gasteiger partial charge in [-0.15, -0.1) is 0 Å². The summed E-state index contributed by atoms with van der Waals surface area (Å²) < 4.78 is 23.5. The number of rotatable bonds is 6. The highest BCUT2D eigenvalue weighted by Crippen LogP contribution is 2.22. The van der Waals surface area contributed by atoms with Crippen LogP contribution in [0.1, 0.15) is 31.9 Å². The third-order valence-corrected chi connectivity index (χ3v) is 2.76. The van der Waals surface area contributed by atoms with Gasteiger partial charge in [0.2, 0.25) is 5.91 Å². The van der Waals surface area contributed by atoms with Crippen LogP contribution in [0.15, 0.2) is 18.5 Å². The molecular weight excluding hydrogens is 276 g/mol. The molecule has 0 spiro atoms. The summed E-state index contributed by atoms with van der Waals surface area (Å²) in [5, 5.41) is 2.86. The fraction of sp³-hybridized carbons (Fsp3) is 0.417. The zero-order valence-corrected chi connectivity index (χ0v) is 11.2. The number of unbranched alkanes of at least 4 members (excludes halogenated alkanes) is 1. The van der Waals surface area contributed by atoms with Crippen molar-refractivity contribution in [2.45, 2.75) is 32.6 Å². The summed E-state index contributed by atoms with van der Waals surface area (Å²) in [6.07, 6.45) is 1.64. The van der Waals surface area contributed by atoms with Crippen molar-refractivity contribution in [3.05, 3.63) is 29.2 Å². The number of carbonyl (C=O) groups is 1. The van der Waals surface area contributed by atoms with Crippen molar-refractivity contribution in [3.63, 3.8) is 0 Å². The van der Waals surface area contributed by atoms with E-state index in [1.54, 1.807) is 0 Å². The van der Waals surface area contributed by atoms with Gasteiger partial charge in [-0.3, -0.25) is 4.79 Å². The second-order valence-corrected chi connectivity index (χ2v) is 4.15. The Hall–Kier alpha value is -1.56. The first-order valence-corrected chi connectivity index (χ1v) is 6.22. The molecule has 0 saturated heterocycles. The Balaban J connectivity index is 2.51. The Labute approximate surface area is 114 Å². The molecule has 0 saturated carbocycles. The molecule has 1 heterocycles. The van der Waals surface area contributed by atoms with Crippen LogP contribution in [0.2, 0.25) is 5.02 Å². The molecule has 1 aromatic heterocycles. The lowest BCUT2D eigenvalue weighted by molar-refractivity contribution is -0.116. The first-order valence-electron chi connectivity index (χ1n) is 5.85. The minimum Gasteiger partial charge on any atom is -0.309 e. The lowest BCUT2D eigenvalue weighted by Gasteiger charge is -2.07. The summed E-state index contributed by atoms with van der Waals surface area (Å²) in [7, 11) is 0. The molecule has 1 rings (SSSR count). The zero-order chi connectivity index (χ0) is 14.3. The van der Waals surface area contributed by atoms with Crippen molar-refractivity contribution in [1.29, 1.82) is 0 Å². The predicted molar refractivity (Wildman–Crippen MR) is 69.2 cm³/mol. The molecule has 0 aliphatic carbocycles. The maximum absolute atomic E-state index is 11.8. The third kappa shape index (κ3) is 5.30. The SMILES string of the molecule is CCc1ncnc(NC(=O)CCCC=C(F)F)c1Cl. The van der Waals surface area contributed by atoms with Gasteiger partial charge < -0.3 is 5.32 Å². The monoisotopic (exact) mass is 289 g/mol. The molecule has 104 valence electrons. The standard InChI is InChI=1S/C12H14ClF2N3O/c1-2-8-11(13)12(17-7-16-8)18-10(19)6-4-3-5-9(14)15/h5,7H,2-4,6H2,1H3,(H,16,17,18,19). The summed E-state index contributed by atoms with van der Waals surface area (Å²) in [6.45, 7) is 1.89. The third-order valence-electron chi connectivity index (χ3n) is 2.36. The van der Waals surface area contributed by atoms with Crippen LogP contribution in [-0.2, 0) is 11.2 Å². The zero-order valence-electron chi connectivity index (χ0n) is 10.4. The van der Waals surface area contributed by atoms with Gasteiger partial charge in [0.05, 0.1) is 5.69 Å². The van der Waals surface area contributed by atoms with Crippen LogP contribution >= 0.6 is 11.6 Å². The van der Waals surface area contributed by atoms with Gasteiger partial charge in [-0.2, -0.15) is 8.78 Å². The van der Waals surface area contributed by atoms with Crippen LogP contribution in [0.4, 0.5) is 14.6 Å². The highest BCUT2D eigenvalue weighted by atomic mass is 35.5. The van der Waals surface area contributed by atoms with Crippen molar-refractivity contribution in [3.8, 4) is 0 Å². The summed E-state index contributed by atoms with van der Waals surface area (Å²) >= 11 is 6.01. The number of nitrogens with zero attached hydrogens (tertiary/aromatic N) is 2. The number of nitrogens with one attached hydrogen (secondary N) is 1. The van der Waals surface area contributed by atoms with Gasteiger partial charge in [0.1, 0.15) is 11.3 Å². The molecule has 0 aliphatic rings. The predicted octanol–water partition coefficient (Wildman–Crippen LogP) is 3.58. The van der Waals surface area contributed by atoms with Crippen LogP contribution in [0.5, 0.6) is 0 Å². The summed E-state index contributed by atoms with van der Waals surface area (Å²) in [5.41, 5.74) is 0.648. The second kappa shape index (κ2) is 7.78. The van der Waals surface area contributed by atoms with E-state index >= 15 is 0 Å². The van der Waals surface area contributed by atoms with E-state index in [1.807, 2.05) is 6.92 Å². The molecule has 1 amide bonds. The van der Waals surface area contributed by atoms with Gasteiger partial charge in [0.25, 0.3) is 6.08 Å². The van der Waals surface area contributed by atoms with Crippen LogP contribution in [0.3, 0.4) is 0 Å². The molecule has 0 aromatic carbocycles. The lowest BCUT2D eigenvalue weighted by Crippen LogP contribution is -2.13. The second-order valence-electron chi connectivity index (χ2n) is 3.77. The molecule has 0 radical (unpaired) electrons. The maximum Gasteiger partial charge on any atom is 0.266 e. The van der Waals surface area contributed by atoms with E-state index < -0.39 is 6.08 Å². The number of allylic oxidation sites excluding steroid dienone is 1. The molecule has 0 fully saturated rings. The topological polar surface area (TPSA) is 54.9 Å². The molecule has 7 heteroatoms. The number of hydrogen-bond acceptors (Lipinski definition) is 3. The van der Waals surface area contributed by atoms with Crippen molar-refractivity contribution in [1.82, 2.24) is 9.97 Å². The summed E-state index contributed by atoms with van der Waals surface area (Å²) in [5.74, 6) is -0.0546. The first-order chi connectivity index (χ1) is 9.04. The van der Waals surface area contributed by atoms with Gasteiger partial charge in [0, 0.05) is 6.42 Å². The molecular formula is C12H14ClF2N3O. The van der Waals surface area contributed by atoms with Gasteiger partial charge in [0.15, 0.2) is 5.82 Å². The fourth-order valence-electron chi connectivity index (χ4n) is 1.41. The van der Waals surface area contributed by atoms with E-state index in [2.05, 4.69) is 15.3 Å². The first kappa shape index (κ1) is 15.5. The number of carbonyl (C=O) groups excluding carboxylic acids is 1. The van der Waals surface area contributed by atoms with Gasteiger partial charge in [-0.25, -0.2) is 9.97 Å². The quantitative estimate of drug-likeness (QED) is 0.814. The number of amides is 1. The molecule has 4 nitrogen and oxygen atoms in total. The highest BCUT2D eigenvalue weighted by molar-refractivity contribution is 6.33. The van der Waals surface area contributed by atoms with E-state index in [0.29, 0.717) is 23.6 Å². The van der Waals surface area contributed by atoms with Crippen LogP contribution in [-0.4, -0.2) is 15.9 Å². The number of aromatic nitrogens is 2. The van der Waals surface area contributed by atoms with E-state index in [-0.39, 0.29) is 24.6 Å². The van der Waals surface area contributed by atoms with Crippen molar-refractivity contribution >= 4 is 23.3 Å². The van der Waals surface area contributed by atoms with Gasteiger partial charge >= 0.3 is 0 Å². The summed E-state index contributed by atoms with van der Waals surface area (Å²) in [4.78, 5) is 19.4. The molecule has 0 bridgehead atoms. The van der Waals surface area contributed by atoms with E-state index in [1.165, 1.54) is 6.33 Å².